The average Bonchev–Trinajstić information content (AvgIpc) is 2.09. The van der Waals surface area contributed by atoms with Gasteiger partial charge in [0.2, 0.25) is 0 Å². The molecule has 0 saturated carbocycles. The molecule has 1 aromatic rings. The standard InChI is InChI=1S/C11H15BrO/c1-2-5-10(13)8-9-6-3-4-7-11(9)12/h3-4,6-7,10,13H,2,5,8H2,1H3/t10-/m1/s1. The zero-order valence-electron chi connectivity index (χ0n) is 7.83. The van der Waals surface area contributed by atoms with Gasteiger partial charge in [-0.15, -0.1) is 0 Å². The van der Waals surface area contributed by atoms with Gasteiger partial charge in [0.05, 0.1) is 6.10 Å². The highest BCUT2D eigenvalue weighted by Gasteiger charge is 2.06. The maximum Gasteiger partial charge on any atom is 0.0580 e. The molecule has 0 heterocycles. The van der Waals surface area contributed by atoms with Crippen molar-refractivity contribution in [3.8, 4) is 0 Å². The molecule has 13 heavy (non-hydrogen) atoms. The molecule has 1 aromatic carbocycles. The normalized spacial score (nSPS) is 12.8. The van der Waals surface area contributed by atoms with Crippen LogP contribution in [0.5, 0.6) is 0 Å². The molecule has 0 aromatic heterocycles. The van der Waals surface area contributed by atoms with Crippen LogP contribution in [-0.2, 0) is 6.42 Å². The van der Waals surface area contributed by atoms with Crippen LogP contribution in [0.1, 0.15) is 25.3 Å². The fourth-order valence-electron chi connectivity index (χ4n) is 1.35. The third-order valence-corrected chi connectivity index (χ3v) is 2.81. The van der Waals surface area contributed by atoms with E-state index in [-0.39, 0.29) is 6.10 Å². The first-order valence-corrected chi connectivity index (χ1v) is 5.44. The fourth-order valence-corrected chi connectivity index (χ4v) is 1.80. The summed E-state index contributed by atoms with van der Waals surface area (Å²) in [4.78, 5) is 0. The maximum atomic E-state index is 9.61. The molecule has 0 aliphatic rings. The van der Waals surface area contributed by atoms with Crippen molar-refractivity contribution in [2.24, 2.45) is 0 Å². The van der Waals surface area contributed by atoms with Gasteiger partial charge in [0.15, 0.2) is 0 Å². The van der Waals surface area contributed by atoms with Gasteiger partial charge in [0.25, 0.3) is 0 Å². The van der Waals surface area contributed by atoms with Crippen LogP contribution >= 0.6 is 15.9 Å². The van der Waals surface area contributed by atoms with Crippen molar-refractivity contribution >= 4 is 15.9 Å². The molecule has 0 spiro atoms. The molecule has 1 nitrogen and oxygen atoms in total. The summed E-state index contributed by atoms with van der Waals surface area (Å²) in [5, 5.41) is 9.61. The van der Waals surface area contributed by atoms with E-state index in [0.29, 0.717) is 0 Å². The van der Waals surface area contributed by atoms with E-state index in [4.69, 9.17) is 0 Å². The summed E-state index contributed by atoms with van der Waals surface area (Å²) in [6, 6.07) is 8.04. The minimum absolute atomic E-state index is 0.205. The molecular weight excluding hydrogens is 228 g/mol. The van der Waals surface area contributed by atoms with Crippen LogP contribution in [0.3, 0.4) is 0 Å². The molecule has 0 fully saturated rings. The van der Waals surface area contributed by atoms with Gasteiger partial charge in [-0.2, -0.15) is 0 Å². The van der Waals surface area contributed by atoms with Gasteiger partial charge in [-0.25, -0.2) is 0 Å². The fraction of sp³-hybridized carbons (Fsp3) is 0.455. The van der Waals surface area contributed by atoms with Crippen molar-refractivity contribution in [2.45, 2.75) is 32.3 Å². The number of hydrogen-bond donors (Lipinski definition) is 1. The zero-order valence-corrected chi connectivity index (χ0v) is 9.42. The lowest BCUT2D eigenvalue weighted by Crippen LogP contribution is -2.09. The van der Waals surface area contributed by atoms with Gasteiger partial charge >= 0.3 is 0 Å². The number of aliphatic hydroxyl groups is 1. The first-order chi connectivity index (χ1) is 6.24. The lowest BCUT2D eigenvalue weighted by atomic mass is 10.1. The zero-order chi connectivity index (χ0) is 9.68. The molecule has 1 atom stereocenters. The van der Waals surface area contributed by atoms with Gasteiger partial charge in [-0.1, -0.05) is 47.5 Å². The van der Waals surface area contributed by atoms with Crippen LogP contribution in [0.4, 0.5) is 0 Å². The van der Waals surface area contributed by atoms with Crippen molar-refractivity contribution in [2.75, 3.05) is 0 Å². The van der Waals surface area contributed by atoms with E-state index in [1.165, 1.54) is 5.56 Å². The Balaban J connectivity index is 2.58. The lowest BCUT2D eigenvalue weighted by molar-refractivity contribution is 0.163. The second-order valence-corrected chi connectivity index (χ2v) is 4.09. The van der Waals surface area contributed by atoms with Gasteiger partial charge in [0, 0.05) is 4.47 Å². The van der Waals surface area contributed by atoms with Crippen LogP contribution in [0.2, 0.25) is 0 Å². The highest BCUT2D eigenvalue weighted by Crippen LogP contribution is 2.18. The Morgan fingerprint density at radius 3 is 2.69 bits per heavy atom. The molecule has 1 rings (SSSR count). The molecule has 1 N–H and O–H groups in total. The smallest absolute Gasteiger partial charge is 0.0580 e. The lowest BCUT2D eigenvalue weighted by Gasteiger charge is -2.10. The largest absolute Gasteiger partial charge is 0.393 e. The number of halogens is 1. The minimum Gasteiger partial charge on any atom is -0.393 e. The second kappa shape index (κ2) is 5.40. The van der Waals surface area contributed by atoms with E-state index < -0.39 is 0 Å². The molecule has 0 aliphatic carbocycles. The summed E-state index contributed by atoms with van der Waals surface area (Å²) >= 11 is 3.46. The minimum atomic E-state index is -0.205. The maximum absolute atomic E-state index is 9.61. The first kappa shape index (κ1) is 10.7. The van der Waals surface area contributed by atoms with Gasteiger partial charge in [-0.3, -0.25) is 0 Å². The molecular formula is C11H15BrO. The number of hydrogen-bond acceptors (Lipinski definition) is 1. The van der Waals surface area contributed by atoms with Crippen molar-refractivity contribution in [3.63, 3.8) is 0 Å². The Morgan fingerprint density at radius 2 is 2.08 bits per heavy atom. The highest BCUT2D eigenvalue weighted by atomic mass is 79.9. The third kappa shape index (κ3) is 3.49. The summed E-state index contributed by atoms with van der Waals surface area (Å²) < 4.78 is 1.09. The van der Waals surface area contributed by atoms with Crippen molar-refractivity contribution in [3.05, 3.63) is 34.3 Å². The molecule has 2 heteroatoms. The molecule has 0 bridgehead atoms. The summed E-state index contributed by atoms with van der Waals surface area (Å²) in [6.07, 6.45) is 2.45. The van der Waals surface area contributed by atoms with Crippen LogP contribution in [0, 0.1) is 0 Å². The van der Waals surface area contributed by atoms with Crippen molar-refractivity contribution < 1.29 is 5.11 Å². The Hall–Kier alpha value is -0.340. The quantitative estimate of drug-likeness (QED) is 0.861. The van der Waals surface area contributed by atoms with Gasteiger partial charge < -0.3 is 5.11 Å². The number of rotatable bonds is 4. The summed E-state index contributed by atoms with van der Waals surface area (Å²) in [7, 11) is 0. The predicted octanol–water partition coefficient (Wildman–Crippen LogP) is 3.15. The highest BCUT2D eigenvalue weighted by molar-refractivity contribution is 9.10. The Morgan fingerprint density at radius 1 is 1.38 bits per heavy atom. The van der Waals surface area contributed by atoms with Crippen molar-refractivity contribution in [1.82, 2.24) is 0 Å². The van der Waals surface area contributed by atoms with Crippen LogP contribution in [0.25, 0.3) is 0 Å². The SMILES string of the molecule is CCC[C@@H](O)Cc1ccccc1Br. The van der Waals surface area contributed by atoms with E-state index in [9.17, 15) is 5.11 Å². The van der Waals surface area contributed by atoms with Crippen LogP contribution in [0.15, 0.2) is 28.7 Å². The Labute approximate surface area is 87.9 Å². The molecule has 0 unspecified atom stereocenters. The van der Waals surface area contributed by atoms with Crippen molar-refractivity contribution in [1.29, 1.82) is 0 Å². The predicted molar refractivity (Wildman–Crippen MR) is 58.8 cm³/mol. The number of aliphatic hydroxyl groups excluding tert-OH is 1. The van der Waals surface area contributed by atoms with E-state index in [0.717, 1.165) is 23.7 Å². The monoisotopic (exact) mass is 242 g/mol. The Kier molecular flexibility index (Phi) is 4.46. The molecule has 0 radical (unpaired) electrons. The summed E-state index contributed by atoms with van der Waals surface area (Å²) in [5.74, 6) is 0. The Bertz CT molecular complexity index is 260. The second-order valence-electron chi connectivity index (χ2n) is 3.24. The third-order valence-electron chi connectivity index (χ3n) is 2.04. The number of benzene rings is 1. The van der Waals surface area contributed by atoms with E-state index in [1.807, 2.05) is 24.3 Å². The average molecular weight is 243 g/mol. The first-order valence-electron chi connectivity index (χ1n) is 4.65. The van der Waals surface area contributed by atoms with E-state index >= 15 is 0 Å². The van der Waals surface area contributed by atoms with Gasteiger partial charge in [-0.05, 0) is 24.5 Å². The van der Waals surface area contributed by atoms with E-state index in [2.05, 4.69) is 22.9 Å². The molecule has 0 amide bonds. The molecule has 72 valence electrons. The summed E-state index contributed by atoms with van der Waals surface area (Å²) in [5.41, 5.74) is 1.18. The topological polar surface area (TPSA) is 20.2 Å². The molecule has 0 aliphatic heterocycles. The van der Waals surface area contributed by atoms with Crippen LogP contribution in [-0.4, -0.2) is 11.2 Å². The van der Waals surface area contributed by atoms with E-state index in [1.54, 1.807) is 0 Å². The summed E-state index contributed by atoms with van der Waals surface area (Å²) in [6.45, 7) is 2.09. The molecule has 0 saturated heterocycles. The van der Waals surface area contributed by atoms with Crippen LogP contribution < -0.4 is 0 Å². The van der Waals surface area contributed by atoms with Gasteiger partial charge in [0.1, 0.15) is 0 Å².